The highest BCUT2D eigenvalue weighted by atomic mass is 16.5. The first kappa shape index (κ1) is 11.0. The molecule has 0 N–H and O–H groups in total. The van der Waals surface area contributed by atoms with Gasteiger partial charge in [0.15, 0.2) is 5.75 Å². The van der Waals surface area contributed by atoms with Gasteiger partial charge in [-0.1, -0.05) is 0 Å². The first-order chi connectivity index (χ1) is 8.25. The van der Waals surface area contributed by atoms with Crippen LogP contribution in [0.1, 0.15) is 20.3 Å². The molecule has 0 aliphatic carbocycles. The number of ether oxygens (including phenoxy) is 1. The molecule has 4 nitrogen and oxygen atoms in total. The molecule has 1 aromatic rings. The van der Waals surface area contributed by atoms with Crippen LogP contribution in [0, 0.1) is 0 Å². The van der Waals surface area contributed by atoms with E-state index < -0.39 is 0 Å². The van der Waals surface area contributed by atoms with Gasteiger partial charge in [-0.25, -0.2) is 0 Å². The van der Waals surface area contributed by atoms with Crippen molar-refractivity contribution < 1.29 is 9.15 Å². The van der Waals surface area contributed by atoms with E-state index in [9.17, 15) is 0 Å². The summed E-state index contributed by atoms with van der Waals surface area (Å²) in [5.74, 6) is 1.83. The van der Waals surface area contributed by atoms with Gasteiger partial charge in [-0.15, -0.1) is 0 Å². The lowest BCUT2D eigenvalue weighted by atomic mass is 10.1. The third kappa shape index (κ3) is 1.90. The second-order valence-corrected chi connectivity index (χ2v) is 5.16. The number of anilines is 1. The Morgan fingerprint density at radius 1 is 1.35 bits per heavy atom. The zero-order chi connectivity index (χ0) is 11.8. The van der Waals surface area contributed by atoms with Gasteiger partial charge in [0.1, 0.15) is 0 Å². The van der Waals surface area contributed by atoms with Gasteiger partial charge in [0.2, 0.25) is 5.88 Å². The Morgan fingerprint density at radius 2 is 2.24 bits per heavy atom. The fraction of sp³-hybridized carbons (Fsp3) is 0.692. The van der Waals surface area contributed by atoms with E-state index in [1.807, 2.05) is 6.07 Å². The van der Waals surface area contributed by atoms with E-state index in [4.69, 9.17) is 9.15 Å². The fourth-order valence-electron chi connectivity index (χ4n) is 2.78. The average molecular weight is 236 g/mol. The Hall–Kier alpha value is -1.16. The Labute approximate surface area is 102 Å². The first-order valence-electron chi connectivity index (χ1n) is 6.46. The number of nitrogens with zero attached hydrogens (tertiary/aromatic N) is 2. The van der Waals surface area contributed by atoms with Gasteiger partial charge in [-0.05, 0) is 13.8 Å². The second kappa shape index (κ2) is 4.26. The average Bonchev–Trinajstić information content (AvgIpc) is 2.71. The van der Waals surface area contributed by atoms with Crippen molar-refractivity contribution in [2.45, 2.75) is 32.4 Å². The third-order valence-electron chi connectivity index (χ3n) is 3.82. The maximum absolute atomic E-state index is 5.72. The molecule has 0 aromatic carbocycles. The normalized spacial score (nSPS) is 25.1. The fourth-order valence-corrected chi connectivity index (χ4v) is 2.78. The van der Waals surface area contributed by atoms with Crippen LogP contribution in [0.15, 0.2) is 16.7 Å². The number of rotatable bonds is 1. The predicted molar refractivity (Wildman–Crippen MR) is 66.7 cm³/mol. The van der Waals surface area contributed by atoms with Crippen molar-refractivity contribution in [2.75, 3.05) is 31.1 Å². The Kier molecular flexibility index (Phi) is 2.74. The first-order valence-corrected chi connectivity index (χ1v) is 6.46. The van der Waals surface area contributed by atoms with Crippen LogP contribution >= 0.6 is 0 Å². The number of hydrogen-bond acceptors (Lipinski definition) is 4. The highest BCUT2D eigenvalue weighted by Gasteiger charge is 2.33. The van der Waals surface area contributed by atoms with Crippen LogP contribution in [0.3, 0.4) is 0 Å². The summed E-state index contributed by atoms with van der Waals surface area (Å²) in [5.41, 5.74) is 0. The zero-order valence-electron chi connectivity index (χ0n) is 10.6. The highest BCUT2D eigenvalue weighted by molar-refractivity contribution is 5.52. The molecule has 17 heavy (non-hydrogen) atoms. The quantitative estimate of drug-likeness (QED) is 0.745. The molecule has 1 aromatic heterocycles. The van der Waals surface area contributed by atoms with Crippen LogP contribution in [-0.4, -0.2) is 43.2 Å². The third-order valence-corrected chi connectivity index (χ3v) is 3.82. The summed E-state index contributed by atoms with van der Waals surface area (Å²) in [5, 5.41) is 0. The molecular formula is C13H20N2O2. The summed E-state index contributed by atoms with van der Waals surface area (Å²) in [6.45, 7) is 8.57. The largest absolute Gasteiger partial charge is 0.488 e. The molecule has 0 amide bonds. The number of hydrogen-bond donors (Lipinski definition) is 0. The van der Waals surface area contributed by atoms with E-state index >= 15 is 0 Å². The lowest BCUT2D eigenvalue weighted by molar-refractivity contribution is 0.170. The van der Waals surface area contributed by atoms with Crippen LogP contribution in [0.2, 0.25) is 0 Å². The van der Waals surface area contributed by atoms with E-state index in [2.05, 4.69) is 23.6 Å². The van der Waals surface area contributed by atoms with Gasteiger partial charge in [0, 0.05) is 44.2 Å². The van der Waals surface area contributed by atoms with E-state index in [-0.39, 0.29) is 0 Å². The Morgan fingerprint density at radius 3 is 3.06 bits per heavy atom. The topological polar surface area (TPSA) is 28.9 Å². The molecule has 2 aliphatic heterocycles. The van der Waals surface area contributed by atoms with Crippen LogP contribution in [0.5, 0.6) is 5.75 Å². The molecule has 3 heterocycles. The van der Waals surface area contributed by atoms with Crippen molar-refractivity contribution in [1.29, 1.82) is 0 Å². The Bertz CT molecular complexity index is 389. The van der Waals surface area contributed by atoms with Crippen LogP contribution in [0.4, 0.5) is 5.88 Å². The predicted octanol–water partition coefficient (Wildman–Crippen LogP) is 1.96. The number of fused-ring (bicyclic) bond motifs is 3. The van der Waals surface area contributed by atoms with E-state index in [1.165, 1.54) is 0 Å². The summed E-state index contributed by atoms with van der Waals surface area (Å²) < 4.78 is 11.3. The molecule has 1 atom stereocenters. The highest BCUT2D eigenvalue weighted by Crippen LogP contribution is 2.35. The molecule has 2 aliphatic rings. The number of furan rings is 1. The molecule has 0 spiro atoms. The summed E-state index contributed by atoms with van der Waals surface area (Å²) in [7, 11) is 0. The lowest BCUT2D eigenvalue weighted by Crippen LogP contribution is -2.54. The second-order valence-electron chi connectivity index (χ2n) is 5.16. The van der Waals surface area contributed by atoms with Gasteiger partial charge < -0.3 is 14.1 Å². The zero-order valence-corrected chi connectivity index (χ0v) is 10.6. The van der Waals surface area contributed by atoms with Crippen molar-refractivity contribution in [3.05, 3.63) is 12.3 Å². The molecule has 1 fully saturated rings. The maximum atomic E-state index is 5.72. The van der Waals surface area contributed by atoms with Crippen molar-refractivity contribution in [2.24, 2.45) is 0 Å². The van der Waals surface area contributed by atoms with Crippen molar-refractivity contribution in [3.63, 3.8) is 0 Å². The molecule has 1 saturated heterocycles. The van der Waals surface area contributed by atoms with E-state index in [1.54, 1.807) is 6.26 Å². The molecule has 0 saturated carbocycles. The summed E-state index contributed by atoms with van der Waals surface area (Å²) in [4.78, 5) is 4.91. The van der Waals surface area contributed by atoms with Crippen molar-refractivity contribution >= 4 is 5.88 Å². The van der Waals surface area contributed by atoms with Crippen LogP contribution in [-0.2, 0) is 0 Å². The molecular weight excluding hydrogens is 216 g/mol. The van der Waals surface area contributed by atoms with Gasteiger partial charge in [0.05, 0.1) is 12.9 Å². The van der Waals surface area contributed by atoms with Crippen molar-refractivity contribution in [1.82, 2.24) is 4.90 Å². The minimum atomic E-state index is 0.526. The summed E-state index contributed by atoms with van der Waals surface area (Å²) in [6, 6.07) is 3.07. The van der Waals surface area contributed by atoms with Gasteiger partial charge in [0.25, 0.3) is 0 Å². The van der Waals surface area contributed by atoms with Crippen LogP contribution < -0.4 is 9.64 Å². The number of piperazine rings is 1. The molecule has 94 valence electrons. The van der Waals surface area contributed by atoms with E-state index in [0.29, 0.717) is 12.1 Å². The molecule has 3 rings (SSSR count). The van der Waals surface area contributed by atoms with Gasteiger partial charge in [-0.3, -0.25) is 4.90 Å². The Balaban J connectivity index is 1.83. The molecule has 4 heteroatoms. The summed E-state index contributed by atoms with van der Waals surface area (Å²) >= 11 is 0. The molecule has 0 radical (unpaired) electrons. The monoisotopic (exact) mass is 236 g/mol. The van der Waals surface area contributed by atoms with Crippen LogP contribution in [0.25, 0.3) is 0 Å². The SMILES string of the molecule is CC(C)N1CCN2c3occc3OCCC2C1. The molecule has 1 unspecified atom stereocenters. The minimum absolute atomic E-state index is 0.526. The molecule has 0 bridgehead atoms. The van der Waals surface area contributed by atoms with Gasteiger partial charge >= 0.3 is 0 Å². The van der Waals surface area contributed by atoms with E-state index in [0.717, 1.165) is 44.3 Å². The summed E-state index contributed by atoms with van der Waals surface area (Å²) in [6.07, 6.45) is 2.80. The lowest BCUT2D eigenvalue weighted by Gasteiger charge is -2.42. The standard InChI is InChI=1S/C13H20N2O2/c1-10(2)14-5-6-15-11(9-14)3-7-16-12-4-8-17-13(12)15/h4,8,10-11H,3,5-7,9H2,1-2H3. The maximum Gasteiger partial charge on any atom is 0.238 e. The van der Waals surface area contributed by atoms with Gasteiger partial charge in [-0.2, -0.15) is 0 Å². The van der Waals surface area contributed by atoms with Crippen molar-refractivity contribution in [3.8, 4) is 5.75 Å². The minimum Gasteiger partial charge on any atom is -0.488 e. The smallest absolute Gasteiger partial charge is 0.238 e.